The first-order chi connectivity index (χ1) is 16.4. The minimum absolute atomic E-state index is 0.0127. The molecule has 0 spiro atoms. The summed E-state index contributed by atoms with van der Waals surface area (Å²) in [5.41, 5.74) is 0.606. The minimum Gasteiger partial charge on any atom is -0.490 e. The van der Waals surface area contributed by atoms with Crippen molar-refractivity contribution in [3.8, 4) is 5.75 Å². The lowest BCUT2D eigenvalue weighted by atomic mass is 9.87. The Bertz CT molecular complexity index is 1180. The van der Waals surface area contributed by atoms with E-state index in [1.807, 2.05) is 18.2 Å². The molecule has 0 bridgehead atoms. The van der Waals surface area contributed by atoms with E-state index in [4.69, 9.17) is 21.4 Å². The number of hydrogen-bond donors (Lipinski definition) is 2. The molecule has 34 heavy (non-hydrogen) atoms. The van der Waals surface area contributed by atoms with Crippen LogP contribution in [0.5, 0.6) is 5.75 Å². The quantitative estimate of drug-likeness (QED) is 0.279. The van der Waals surface area contributed by atoms with Crippen LogP contribution in [0.1, 0.15) is 58.6 Å². The number of nitrogens with one attached hydrogen (secondary N) is 1. The van der Waals surface area contributed by atoms with Gasteiger partial charge in [0.1, 0.15) is 5.75 Å². The molecule has 1 saturated carbocycles. The van der Waals surface area contributed by atoms with Crippen molar-refractivity contribution in [2.24, 2.45) is 5.92 Å². The number of aliphatic carboxylic acids is 1. The average molecular weight is 500 g/mol. The molecule has 0 atom stereocenters. The van der Waals surface area contributed by atoms with Crippen LogP contribution in [0.15, 0.2) is 48.5 Å². The second-order valence-corrected chi connectivity index (χ2v) is 10.0. The Morgan fingerprint density at radius 2 is 1.76 bits per heavy atom. The van der Waals surface area contributed by atoms with Gasteiger partial charge in [-0.05, 0) is 80.0 Å². The van der Waals surface area contributed by atoms with Crippen LogP contribution in [0.2, 0.25) is 5.02 Å². The van der Waals surface area contributed by atoms with Gasteiger partial charge in [0.05, 0.1) is 16.9 Å². The van der Waals surface area contributed by atoms with Gasteiger partial charge in [-0.1, -0.05) is 17.7 Å². The Balaban J connectivity index is 1.19. The number of Topliss-reactive ketones (excluding diaryl/α,β-unsaturated/α-hetero) is 1. The maximum Gasteiger partial charge on any atom is 0.306 e. The predicted octanol–water partition coefficient (Wildman–Crippen LogP) is 5.97. The third kappa shape index (κ3) is 6.15. The van der Waals surface area contributed by atoms with E-state index < -0.39 is 5.97 Å². The highest BCUT2D eigenvalue weighted by molar-refractivity contribution is 7.20. The molecule has 1 fully saturated rings. The van der Waals surface area contributed by atoms with E-state index in [1.54, 1.807) is 30.3 Å². The minimum atomic E-state index is -0.730. The molecule has 178 valence electrons. The molecule has 1 aromatic heterocycles. The molecule has 1 heterocycles. The van der Waals surface area contributed by atoms with Crippen LogP contribution in [0, 0.1) is 5.92 Å². The molecule has 4 rings (SSSR count). The Labute approximate surface area is 206 Å². The molecule has 1 aliphatic carbocycles. The van der Waals surface area contributed by atoms with Crippen molar-refractivity contribution in [1.29, 1.82) is 0 Å². The summed E-state index contributed by atoms with van der Waals surface area (Å²) in [7, 11) is 0. The summed E-state index contributed by atoms with van der Waals surface area (Å²) in [4.78, 5) is 36.6. The van der Waals surface area contributed by atoms with E-state index in [-0.39, 0.29) is 23.7 Å². The number of halogens is 1. The lowest BCUT2D eigenvalue weighted by molar-refractivity contribution is -0.143. The first-order valence-electron chi connectivity index (χ1n) is 11.4. The number of rotatable bonds is 9. The van der Waals surface area contributed by atoms with Crippen LogP contribution in [0.25, 0.3) is 10.1 Å². The summed E-state index contributed by atoms with van der Waals surface area (Å²) in [5.74, 6) is -0.449. The van der Waals surface area contributed by atoms with Gasteiger partial charge in [0.2, 0.25) is 0 Å². The number of hydrogen-bond acceptors (Lipinski definition) is 5. The first-order valence-corrected chi connectivity index (χ1v) is 12.6. The molecule has 0 aliphatic heterocycles. The zero-order valence-electron chi connectivity index (χ0n) is 18.6. The van der Waals surface area contributed by atoms with E-state index in [2.05, 4.69) is 5.32 Å². The summed E-state index contributed by atoms with van der Waals surface area (Å²) in [6.45, 7) is 0.416. The van der Waals surface area contributed by atoms with Gasteiger partial charge in [-0.2, -0.15) is 0 Å². The zero-order chi connectivity index (χ0) is 24.1. The molecule has 0 radical (unpaired) electrons. The van der Waals surface area contributed by atoms with E-state index in [0.717, 1.165) is 22.9 Å². The number of thiophene rings is 1. The molecule has 1 aliphatic rings. The lowest BCUT2D eigenvalue weighted by Gasteiger charge is -2.26. The monoisotopic (exact) mass is 499 g/mol. The molecule has 2 aromatic carbocycles. The highest BCUT2D eigenvalue weighted by atomic mass is 35.5. The van der Waals surface area contributed by atoms with Gasteiger partial charge in [-0.25, -0.2) is 0 Å². The lowest BCUT2D eigenvalue weighted by Crippen LogP contribution is -2.27. The molecule has 0 unspecified atom stereocenters. The largest absolute Gasteiger partial charge is 0.490 e. The van der Waals surface area contributed by atoms with E-state index in [9.17, 15) is 14.4 Å². The Morgan fingerprint density at radius 3 is 2.47 bits per heavy atom. The average Bonchev–Trinajstić information content (AvgIpc) is 3.26. The number of ketones is 1. The van der Waals surface area contributed by atoms with Gasteiger partial charge < -0.3 is 15.2 Å². The summed E-state index contributed by atoms with van der Waals surface area (Å²) in [6.07, 6.45) is 3.60. The number of benzene rings is 2. The van der Waals surface area contributed by atoms with Crippen molar-refractivity contribution in [1.82, 2.24) is 5.32 Å². The fourth-order valence-electron chi connectivity index (χ4n) is 4.14. The molecule has 6 nitrogen and oxygen atoms in total. The molecule has 8 heteroatoms. The maximum atomic E-state index is 12.5. The van der Waals surface area contributed by atoms with Gasteiger partial charge in [0.25, 0.3) is 5.91 Å². The second kappa shape index (κ2) is 11.0. The zero-order valence-corrected chi connectivity index (χ0v) is 20.2. The summed E-state index contributed by atoms with van der Waals surface area (Å²) in [5, 5.41) is 13.6. The van der Waals surface area contributed by atoms with Crippen LogP contribution < -0.4 is 10.1 Å². The number of ether oxygens (including phenoxy) is 1. The Morgan fingerprint density at radius 1 is 1.03 bits per heavy atom. The standard InChI is InChI=1S/C26H26ClNO5S/c27-19-8-3-18-14-24(34-23(18)15-19)25(30)28-13-1-2-22(29)16-4-9-20(10-5-16)33-21-11-6-17(7-12-21)26(31)32/h3-5,8-10,14-15,17,21H,1-2,6-7,11-13H2,(H,28,30)(H,31,32). The maximum absolute atomic E-state index is 12.5. The third-order valence-corrected chi connectivity index (χ3v) is 7.41. The first kappa shape index (κ1) is 24.2. The molecule has 1 amide bonds. The van der Waals surface area contributed by atoms with Crippen LogP contribution in [-0.2, 0) is 4.79 Å². The summed E-state index contributed by atoms with van der Waals surface area (Å²) in [6, 6.07) is 14.5. The number of carbonyl (C=O) groups is 3. The van der Waals surface area contributed by atoms with E-state index >= 15 is 0 Å². The van der Waals surface area contributed by atoms with Crippen molar-refractivity contribution in [2.45, 2.75) is 44.6 Å². The van der Waals surface area contributed by atoms with Gasteiger partial charge in [0, 0.05) is 28.3 Å². The highest BCUT2D eigenvalue weighted by Crippen LogP contribution is 2.29. The van der Waals surface area contributed by atoms with Gasteiger partial charge in [-0.3, -0.25) is 14.4 Å². The van der Waals surface area contributed by atoms with Gasteiger partial charge in [0.15, 0.2) is 5.78 Å². The SMILES string of the molecule is O=C(CCCNC(=O)c1cc2ccc(Cl)cc2s1)c1ccc(OC2CCC(C(=O)O)CC2)cc1. The van der Waals surface area contributed by atoms with Crippen LogP contribution >= 0.6 is 22.9 Å². The molecular formula is C26H26ClNO5S. The number of carbonyl (C=O) groups excluding carboxylic acids is 2. The molecule has 3 aromatic rings. The van der Waals surface area contributed by atoms with Crippen molar-refractivity contribution in [2.75, 3.05) is 6.54 Å². The molecule has 2 N–H and O–H groups in total. The molecule has 0 saturated heterocycles. The van der Waals surface area contributed by atoms with Crippen molar-refractivity contribution < 1.29 is 24.2 Å². The fourth-order valence-corrected chi connectivity index (χ4v) is 5.39. The van der Waals surface area contributed by atoms with E-state index in [1.165, 1.54) is 11.3 Å². The number of fused-ring (bicyclic) bond motifs is 1. The Kier molecular flexibility index (Phi) is 7.85. The van der Waals surface area contributed by atoms with Crippen LogP contribution in [-0.4, -0.2) is 35.4 Å². The normalized spacial score (nSPS) is 17.9. The van der Waals surface area contributed by atoms with Crippen molar-refractivity contribution >= 4 is 50.7 Å². The summed E-state index contributed by atoms with van der Waals surface area (Å²) >= 11 is 7.40. The number of amides is 1. The summed E-state index contributed by atoms with van der Waals surface area (Å²) < 4.78 is 6.92. The third-order valence-electron chi connectivity index (χ3n) is 6.07. The van der Waals surface area contributed by atoms with Crippen molar-refractivity contribution in [3.05, 3.63) is 64.0 Å². The highest BCUT2D eigenvalue weighted by Gasteiger charge is 2.26. The topological polar surface area (TPSA) is 92.7 Å². The second-order valence-electron chi connectivity index (χ2n) is 8.53. The molecular weight excluding hydrogens is 474 g/mol. The van der Waals surface area contributed by atoms with Crippen LogP contribution in [0.3, 0.4) is 0 Å². The Hall–Kier alpha value is -2.90. The predicted molar refractivity (Wildman–Crippen MR) is 133 cm³/mol. The van der Waals surface area contributed by atoms with Crippen molar-refractivity contribution in [3.63, 3.8) is 0 Å². The smallest absolute Gasteiger partial charge is 0.306 e. The van der Waals surface area contributed by atoms with E-state index in [0.29, 0.717) is 53.4 Å². The van der Waals surface area contributed by atoms with Gasteiger partial charge >= 0.3 is 5.97 Å². The fraction of sp³-hybridized carbons (Fsp3) is 0.346. The van der Waals surface area contributed by atoms with Gasteiger partial charge in [-0.15, -0.1) is 11.3 Å². The number of carboxylic acid groups (broad SMARTS) is 1. The van der Waals surface area contributed by atoms with Crippen LogP contribution in [0.4, 0.5) is 0 Å². The number of carboxylic acids is 1.